The third-order valence-electron chi connectivity index (χ3n) is 4.64. The van der Waals surface area contributed by atoms with E-state index >= 15 is 0 Å². The highest BCUT2D eigenvalue weighted by molar-refractivity contribution is 6.60. The van der Waals surface area contributed by atoms with Gasteiger partial charge in [-0.2, -0.15) is 0 Å². The zero-order valence-electron chi connectivity index (χ0n) is 20.9. The minimum Gasteiger partial charge on any atom is -0.374 e. The smallest absolute Gasteiger partial charge is 0.374 e. The average Bonchev–Trinajstić information content (AvgIpc) is 2.87. The van der Waals surface area contributed by atoms with E-state index in [0.717, 1.165) is 24.7 Å². The van der Waals surface area contributed by atoms with Crippen LogP contribution in [0.4, 0.5) is 5.69 Å². The van der Waals surface area contributed by atoms with Crippen LogP contribution in [-0.4, -0.2) is 40.2 Å². The first-order valence-corrected chi connectivity index (χ1v) is 13.8. The van der Waals surface area contributed by atoms with Gasteiger partial charge in [0.2, 0.25) is 0 Å². The Labute approximate surface area is 207 Å². The monoisotopic (exact) mass is 480 g/mol. The largest absolute Gasteiger partial charge is 0.500 e. The highest BCUT2D eigenvalue weighted by Gasteiger charge is 2.39. The molecular weight excluding hydrogens is 440 g/mol. The van der Waals surface area contributed by atoms with Crippen LogP contribution in [0.5, 0.6) is 0 Å². The van der Waals surface area contributed by atoms with Gasteiger partial charge in [-0.05, 0) is 51.1 Å². The number of hydrogen-bond acceptors (Lipinski definition) is 5. The molecule has 0 amide bonds. The second-order valence-electron chi connectivity index (χ2n) is 7.06. The summed E-state index contributed by atoms with van der Waals surface area (Å²) in [7, 11) is -2.55. The molecule has 0 spiro atoms. The molecule has 1 aromatic heterocycles. The summed E-state index contributed by atoms with van der Waals surface area (Å²) in [5, 5.41) is 0. The Morgan fingerprint density at radius 1 is 0.853 bits per heavy atom. The second-order valence-corrected chi connectivity index (χ2v) is 9.79. The molecular formula is C28H40N2O3Si. The molecule has 34 heavy (non-hydrogen) atoms. The summed E-state index contributed by atoms with van der Waals surface area (Å²) < 4.78 is 17.6. The zero-order valence-corrected chi connectivity index (χ0v) is 21.9. The summed E-state index contributed by atoms with van der Waals surface area (Å²) in [5.74, 6) is 0. The molecule has 0 fully saturated rings. The van der Waals surface area contributed by atoms with Crippen LogP contribution in [0.2, 0.25) is 6.04 Å². The molecule has 2 rings (SSSR count). The van der Waals surface area contributed by atoms with Gasteiger partial charge in [0.25, 0.3) is 0 Å². The van der Waals surface area contributed by atoms with Crippen molar-refractivity contribution in [2.45, 2.75) is 33.2 Å². The lowest BCUT2D eigenvalue weighted by Crippen LogP contribution is -2.46. The molecule has 0 atom stereocenters. The Hall–Kier alpha value is -2.77. The van der Waals surface area contributed by atoms with Gasteiger partial charge < -0.3 is 18.2 Å². The van der Waals surface area contributed by atoms with Crippen molar-refractivity contribution in [3.8, 4) is 0 Å². The molecule has 0 radical (unpaired) electrons. The van der Waals surface area contributed by atoms with Gasteiger partial charge in [0.05, 0.1) is 0 Å². The van der Waals surface area contributed by atoms with E-state index in [4.69, 9.17) is 13.3 Å². The maximum atomic E-state index is 5.87. The number of hydrogen-bond donors (Lipinski definition) is 0. The first-order chi connectivity index (χ1) is 16.6. The lowest BCUT2D eigenvalue weighted by atomic mass is 10.2. The topological polar surface area (TPSA) is 43.8 Å². The van der Waals surface area contributed by atoms with Crippen LogP contribution < -0.4 is 4.90 Å². The van der Waals surface area contributed by atoms with Crippen molar-refractivity contribution >= 4 is 20.6 Å². The SMILES string of the molecule is C=CC=CC=Cc1ccccc1.C=CN(CCC[Si](OCC)(OCC)OCC)c1ccncc1. The van der Waals surface area contributed by atoms with E-state index in [9.17, 15) is 0 Å². The quantitative estimate of drug-likeness (QED) is 0.205. The molecule has 184 valence electrons. The summed E-state index contributed by atoms with van der Waals surface area (Å²) in [6, 6.07) is 14.9. The van der Waals surface area contributed by atoms with Crippen LogP contribution in [0.25, 0.3) is 6.08 Å². The fourth-order valence-corrected chi connectivity index (χ4v) is 5.80. The lowest BCUT2D eigenvalue weighted by molar-refractivity contribution is 0.0710. The first-order valence-electron chi connectivity index (χ1n) is 11.9. The molecule has 0 saturated heterocycles. The number of rotatable bonds is 15. The van der Waals surface area contributed by atoms with Crippen molar-refractivity contribution in [3.05, 3.63) is 104 Å². The highest BCUT2D eigenvalue weighted by Crippen LogP contribution is 2.20. The molecule has 0 aliphatic rings. The van der Waals surface area contributed by atoms with E-state index in [-0.39, 0.29) is 0 Å². The van der Waals surface area contributed by atoms with Crippen LogP contribution in [0, 0.1) is 0 Å². The summed E-state index contributed by atoms with van der Waals surface area (Å²) in [6.07, 6.45) is 16.0. The second kappa shape index (κ2) is 18.6. The number of anilines is 1. The van der Waals surface area contributed by atoms with Crippen molar-refractivity contribution in [3.63, 3.8) is 0 Å². The Bertz CT molecular complexity index is 824. The third kappa shape index (κ3) is 11.9. The van der Waals surface area contributed by atoms with E-state index < -0.39 is 8.80 Å². The number of aromatic nitrogens is 1. The number of allylic oxidation sites excluding steroid dienone is 4. The van der Waals surface area contributed by atoms with Crippen molar-refractivity contribution < 1.29 is 13.3 Å². The van der Waals surface area contributed by atoms with E-state index in [2.05, 4.69) is 41.3 Å². The summed E-state index contributed by atoms with van der Waals surface area (Å²) >= 11 is 0. The third-order valence-corrected chi connectivity index (χ3v) is 7.79. The first kappa shape index (κ1) is 29.3. The number of nitrogens with zero attached hydrogens (tertiary/aromatic N) is 2. The Balaban J connectivity index is 0.000000404. The lowest BCUT2D eigenvalue weighted by Gasteiger charge is -2.29. The molecule has 0 bridgehead atoms. The van der Waals surface area contributed by atoms with E-state index in [1.165, 1.54) is 5.56 Å². The van der Waals surface area contributed by atoms with Crippen molar-refractivity contribution in [2.75, 3.05) is 31.3 Å². The van der Waals surface area contributed by atoms with Crippen LogP contribution in [0.15, 0.2) is 98.5 Å². The van der Waals surface area contributed by atoms with Gasteiger partial charge in [0.1, 0.15) is 0 Å². The summed E-state index contributed by atoms with van der Waals surface area (Å²) in [6.45, 7) is 16.1. The van der Waals surface area contributed by atoms with Crippen molar-refractivity contribution in [2.24, 2.45) is 0 Å². The maximum Gasteiger partial charge on any atom is 0.500 e. The van der Waals surface area contributed by atoms with E-state index in [0.29, 0.717) is 19.8 Å². The molecule has 0 N–H and O–H groups in total. The highest BCUT2D eigenvalue weighted by atomic mass is 28.4. The van der Waals surface area contributed by atoms with Crippen LogP contribution in [-0.2, 0) is 13.3 Å². The molecule has 0 saturated carbocycles. The van der Waals surface area contributed by atoms with E-state index in [1.54, 1.807) is 18.5 Å². The Morgan fingerprint density at radius 2 is 1.47 bits per heavy atom. The zero-order chi connectivity index (χ0) is 24.9. The van der Waals surface area contributed by atoms with E-state index in [1.807, 2.05) is 75.5 Å². The predicted molar refractivity (Wildman–Crippen MR) is 147 cm³/mol. The molecule has 0 aliphatic heterocycles. The van der Waals surface area contributed by atoms with Gasteiger partial charge in [0, 0.05) is 50.5 Å². The molecule has 1 heterocycles. The molecule has 0 aliphatic carbocycles. The minimum absolute atomic E-state index is 0.613. The average molecular weight is 481 g/mol. The molecule has 2 aromatic rings. The van der Waals surface area contributed by atoms with Crippen LogP contribution in [0.3, 0.4) is 0 Å². The van der Waals surface area contributed by atoms with Gasteiger partial charge in [-0.1, -0.05) is 73.9 Å². The fraction of sp³-hybridized carbons (Fsp3) is 0.321. The summed E-state index contributed by atoms with van der Waals surface area (Å²) in [4.78, 5) is 6.14. The van der Waals surface area contributed by atoms with Crippen LogP contribution >= 0.6 is 0 Å². The van der Waals surface area contributed by atoms with Gasteiger partial charge in [-0.15, -0.1) is 0 Å². The fourth-order valence-electron chi connectivity index (χ4n) is 3.20. The van der Waals surface area contributed by atoms with Crippen molar-refractivity contribution in [1.29, 1.82) is 0 Å². The predicted octanol–water partition coefficient (Wildman–Crippen LogP) is 6.91. The molecule has 5 nitrogen and oxygen atoms in total. The van der Waals surface area contributed by atoms with Gasteiger partial charge in [0.15, 0.2) is 0 Å². The summed E-state index contributed by atoms with van der Waals surface area (Å²) in [5.41, 5.74) is 2.30. The van der Waals surface area contributed by atoms with Crippen molar-refractivity contribution in [1.82, 2.24) is 4.98 Å². The maximum absolute atomic E-state index is 5.87. The normalized spacial score (nSPS) is 11.3. The molecule has 1 aromatic carbocycles. The number of pyridine rings is 1. The Morgan fingerprint density at radius 3 is 2.00 bits per heavy atom. The van der Waals surface area contributed by atoms with Gasteiger partial charge in [-0.3, -0.25) is 4.98 Å². The van der Waals surface area contributed by atoms with Gasteiger partial charge >= 0.3 is 8.80 Å². The Kier molecular flexibility index (Phi) is 16.0. The van der Waals surface area contributed by atoms with Crippen LogP contribution in [0.1, 0.15) is 32.8 Å². The minimum atomic E-state index is -2.55. The molecule has 0 unspecified atom stereocenters. The molecule has 6 heteroatoms. The number of benzene rings is 1. The van der Waals surface area contributed by atoms with Gasteiger partial charge in [-0.25, -0.2) is 0 Å². The standard InChI is InChI=1S/C16H28N2O3Si.C12H12/c1-5-18(16-10-12-17-13-11-16)14-9-15-22(19-6-2,20-7-3)21-8-4;1-2-3-4-6-9-12-10-7-5-8-11-12/h5,10-13H,1,6-9,14-15H2,2-4H3;2-11H,1H2.